The molecule has 0 bridgehead atoms. The van der Waals surface area contributed by atoms with Crippen molar-refractivity contribution in [2.75, 3.05) is 19.6 Å². The minimum Gasteiger partial charge on any atom is -0.302 e. The van der Waals surface area contributed by atoms with Crippen molar-refractivity contribution >= 4 is 0 Å². The van der Waals surface area contributed by atoms with Crippen molar-refractivity contribution < 1.29 is 0 Å². The molecule has 1 unspecified atom stereocenters. The molecule has 3 heteroatoms. The molecule has 102 valence electrons. The first-order valence-corrected chi connectivity index (χ1v) is 7.25. The van der Waals surface area contributed by atoms with Crippen molar-refractivity contribution in [1.29, 1.82) is 5.26 Å². The Morgan fingerprint density at radius 3 is 2.89 bits per heavy atom. The molecule has 1 aliphatic rings. The van der Waals surface area contributed by atoms with Gasteiger partial charge >= 0.3 is 0 Å². The lowest BCUT2D eigenvalue weighted by molar-refractivity contribution is 0.259. The summed E-state index contributed by atoms with van der Waals surface area (Å²) in [5, 5.41) is 12.3. The highest BCUT2D eigenvalue weighted by Crippen LogP contribution is 2.18. The van der Waals surface area contributed by atoms with Gasteiger partial charge in [-0.3, -0.25) is 4.90 Å². The minimum absolute atomic E-state index is 0.0107. The number of benzene rings is 1. The van der Waals surface area contributed by atoms with E-state index in [0.717, 1.165) is 32.6 Å². The van der Waals surface area contributed by atoms with E-state index in [0.29, 0.717) is 0 Å². The molecule has 0 radical (unpaired) electrons. The number of hydrogen-bond donors (Lipinski definition) is 1. The number of hydrogen-bond acceptors (Lipinski definition) is 3. The maximum atomic E-state index is 9.07. The van der Waals surface area contributed by atoms with Gasteiger partial charge in [-0.15, -0.1) is 0 Å². The SMILES string of the molecule is CCNC(C#N)CCN1CCCc2ccccc2C1. The van der Waals surface area contributed by atoms with E-state index < -0.39 is 0 Å². The van der Waals surface area contributed by atoms with Crippen LogP contribution in [-0.4, -0.2) is 30.6 Å². The average molecular weight is 257 g/mol. The molecule has 3 nitrogen and oxygen atoms in total. The second-order valence-corrected chi connectivity index (χ2v) is 5.18. The van der Waals surface area contributed by atoms with Crippen molar-refractivity contribution in [3.05, 3.63) is 35.4 Å². The molecule has 1 N–H and O–H groups in total. The Hall–Kier alpha value is -1.37. The largest absolute Gasteiger partial charge is 0.302 e. The van der Waals surface area contributed by atoms with Crippen LogP contribution in [0.4, 0.5) is 0 Å². The van der Waals surface area contributed by atoms with Crippen LogP contribution in [0.25, 0.3) is 0 Å². The van der Waals surface area contributed by atoms with Crippen LogP contribution in [0.3, 0.4) is 0 Å². The van der Waals surface area contributed by atoms with Gasteiger partial charge in [0.2, 0.25) is 0 Å². The van der Waals surface area contributed by atoms with Gasteiger partial charge in [-0.05, 0) is 43.5 Å². The van der Waals surface area contributed by atoms with Gasteiger partial charge in [-0.25, -0.2) is 0 Å². The Morgan fingerprint density at radius 1 is 1.37 bits per heavy atom. The Balaban J connectivity index is 1.90. The van der Waals surface area contributed by atoms with E-state index in [-0.39, 0.29) is 6.04 Å². The number of rotatable bonds is 5. The van der Waals surface area contributed by atoms with Crippen LogP contribution in [0.2, 0.25) is 0 Å². The molecule has 0 fully saturated rings. The summed E-state index contributed by atoms with van der Waals surface area (Å²) in [5.74, 6) is 0. The Labute approximate surface area is 116 Å². The zero-order chi connectivity index (χ0) is 13.5. The molecule has 0 aromatic heterocycles. The Kier molecular flexibility index (Phi) is 5.38. The lowest BCUT2D eigenvalue weighted by atomic mass is 10.0. The molecule has 1 aliphatic heterocycles. The van der Waals surface area contributed by atoms with Crippen LogP contribution in [0.5, 0.6) is 0 Å². The number of nitriles is 1. The topological polar surface area (TPSA) is 39.1 Å². The molecule has 2 rings (SSSR count). The van der Waals surface area contributed by atoms with Gasteiger partial charge in [0.25, 0.3) is 0 Å². The molecule has 19 heavy (non-hydrogen) atoms. The van der Waals surface area contributed by atoms with Gasteiger partial charge < -0.3 is 5.32 Å². The summed E-state index contributed by atoms with van der Waals surface area (Å²) in [6.45, 7) is 6.08. The Morgan fingerprint density at radius 2 is 2.16 bits per heavy atom. The molecular weight excluding hydrogens is 234 g/mol. The Bertz CT molecular complexity index is 436. The summed E-state index contributed by atoms with van der Waals surface area (Å²) in [6, 6.07) is 11.1. The lowest BCUT2D eigenvalue weighted by Gasteiger charge is -2.21. The van der Waals surface area contributed by atoms with Gasteiger partial charge in [-0.1, -0.05) is 31.2 Å². The number of fused-ring (bicyclic) bond motifs is 1. The highest BCUT2D eigenvalue weighted by atomic mass is 15.1. The first kappa shape index (κ1) is 14.0. The highest BCUT2D eigenvalue weighted by Gasteiger charge is 2.15. The maximum Gasteiger partial charge on any atom is 0.0965 e. The first-order chi connectivity index (χ1) is 9.33. The summed E-state index contributed by atoms with van der Waals surface area (Å²) in [5.41, 5.74) is 2.95. The molecule has 1 aromatic carbocycles. The zero-order valence-corrected chi connectivity index (χ0v) is 11.7. The van der Waals surface area contributed by atoms with E-state index in [4.69, 9.17) is 5.26 Å². The second-order valence-electron chi connectivity index (χ2n) is 5.18. The normalized spacial score (nSPS) is 17.3. The van der Waals surface area contributed by atoms with E-state index in [1.807, 2.05) is 6.92 Å². The van der Waals surface area contributed by atoms with Crippen molar-refractivity contribution in [2.24, 2.45) is 0 Å². The van der Waals surface area contributed by atoms with Gasteiger partial charge in [0.05, 0.1) is 12.1 Å². The lowest BCUT2D eigenvalue weighted by Crippen LogP contribution is -2.33. The fourth-order valence-corrected chi connectivity index (χ4v) is 2.73. The summed E-state index contributed by atoms with van der Waals surface area (Å²) in [4.78, 5) is 2.48. The summed E-state index contributed by atoms with van der Waals surface area (Å²) in [6.07, 6.45) is 3.31. The smallest absolute Gasteiger partial charge is 0.0965 e. The fourth-order valence-electron chi connectivity index (χ4n) is 2.73. The predicted octanol–water partition coefficient (Wildman–Crippen LogP) is 2.33. The van der Waals surface area contributed by atoms with Crippen molar-refractivity contribution in [3.8, 4) is 6.07 Å². The van der Waals surface area contributed by atoms with Gasteiger partial charge in [-0.2, -0.15) is 5.26 Å². The van der Waals surface area contributed by atoms with E-state index in [2.05, 4.69) is 40.6 Å². The molecule has 1 atom stereocenters. The quantitative estimate of drug-likeness (QED) is 0.880. The van der Waals surface area contributed by atoms with E-state index in [9.17, 15) is 0 Å². The van der Waals surface area contributed by atoms with E-state index in [1.54, 1.807) is 0 Å². The van der Waals surface area contributed by atoms with Crippen LogP contribution in [0.1, 0.15) is 30.9 Å². The van der Waals surface area contributed by atoms with Crippen LogP contribution < -0.4 is 5.32 Å². The standard InChI is InChI=1S/C16H23N3/c1-2-18-16(12-17)9-11-19-10-5-8-14-6-3-4-7-15(14)13-19/h3-4,6-7,16,18H,2,5,8-11,13H2,1H3. The molecule has 0 saturated heterocycles. The second kappa shape index (κ2) is 7.28. The van der Waals surface area contributed by atoms with Gasteiger partial charge in [0.15, 0.2) is 0 Å². The third-order valence-corrected chi connectivity index (χ3v) is 3.77. The number of aryl methyl sites for hydroxylation is 1. The predicted molar refractivity (Wildman–Crippen MR) is 77.7 cm³/mol. The van der Waals surface area contributed by atoms with Crippen LogP contribution in [-0.2, 0) is 13.0 Å². The number of nitrogens with one attached hydrogen (secondary N) is 1. The molecule has 0 aliphatic carbocycles. The van der Waals surface area contributed by atoms with Crippen LogP contribution >= 0.6 is 0 Å². The molecule has 0 spiro atoms. The van der Waals surface area contributed by atoms with Gasteiger partial charge in [0.1, 0.15) is 0 Å². The fraction of sp³-hybridized carbons (Fsp3) is 0.562. The average Bonchev–Trinajstić information content (AvgIpc) is 2.65. The molecule has 0 amide bonds. The highest BCUT2D eigenvalue weighted by molar-refractivity contribution is 5.28. The molecule has 0 saturated carbocycles. The van der Waals surface area contributed by atoms with Crippen LogP contribution in [0.15, 0.2) is 24.3 Å². The van der Waals surface area contributed by atoms with Crippen molar-refractivity contribution in [1.82, 2.24) is 10.2 Å². The molecular formula is C16H23N3. The monoisotopic (exact) mass is 257 g/mol. The first-order valence-electron chi connectivity index (χ1n) is 7.25. The van der Waals surface area contributed by atoms with Crippen LogP contribution in [0, 0.1) is 11.3 Å². The van der Waals surface area contributed by atoms with E-state index >= 15 is 0 Å². The molecule has 1 heterocycles. The molecule has 1 aromatic rings. The minimum atomic E-state index is -0.0107. The number of nitrogens with zero attached hydrogens (tertiary/aromatic N) is 2. The van der Waals surface area contributed by atoms with Crippen molar-refractivity contribution in [3.63, 3.8) is 0 Å². The maximum absolute atomic E-state index is 9.07. The third kappa shape index (κ3) is 4.05. The van der Waals surface area contributed by atoms with Gasteiger partial charge in [0, 0.05) is 13.1 Å². The summed E-state index contributed by atoms with van der Waals surface area (Å²) >= 11 is 0. The van der Waals surface area contributed by atoms with Crippen molar-refractivity contribution in [2.45, 2.75) is 38.8 Å². The summed E-state index contributed by atoms with van der Waals surface area (Å²) in [7, 11) is 0. The third-order valence-electron chi connectivity index (χ3n) is 3.77. The zero-order valence-electron chi connectivity index (χ0n) is 11.7. The summed E-state index contributed by atoms with van der Waals surface area (Å²) < 4.78 is 0. The van der Waals surface area contributed by atoms with E-state index in [1.165, 1.54) is 24.0 Å².